The molecule has 0 unspecified atom stereocenters. The summed E-state index contributed by atoms with van der Waals surface area (Å²) in [6.07, 6.45) is 1.53. The second-order valence-corrected chi connectivity index (χ2v) is 8.27. The second-order valence-electron chi connectivity index (χ2n) is 4.34. The number of rotatable bonds is 6. The number of benzene rings is 1. The molecule has 122 valence electrons. The van der Waals surface area contributed by atoms with E-state index in [1.54, 1.807) is 12.1 Å². The van der Waals surface area contributed by atoms with Gasteiger partial charge in [-0.15, -0.1) is 17.9 Å². The molecule has 0 spiro atoms. The van der Waals surface area contributed by atoms with Crippen molar-refractivity contribution >= 4 is 56.2 Å². The summed E-state index contributed by atoms with van der Waals surface area (Å²) in [4.78, 5) is 11.9. The van der Waals surface area contributed by atoms with Crippen LogP contribution in [-0.2, 0) is 10.0 Å². The predicted molar refractivity (Wildman–Crippen MR) is 94.1 cm³/mol. The van der Waals surface area contributed by atoms with E-state index in [2.05, 4.69) is 16.6 Å². The Balaban J connectivity index is 2.35. The Morgan fingerprint density at radius 3 is 2.61 bits per heavy atom. The predicted octanol–water partition coefficient (Wildman–Crippen LogP) is 3.77. The lowest BCUT2D eigenvalue weighted by Gasteiger charge is -2.11. The summed E-state index contributed by atoms with van der Waals surface area (Å²) in [6.45, 7) is 3.78. The summed E-state index contributed by atoms with van der Waals surface area (Å²) in [5.41, 5.74) is 0.336. The highest BCUT2D eigenvalue weighted by Gasteiger charge is 2.23. The summed E-state index contributed by atoms with van der Waals surface area (Å²) in [5.74, 6) is -0.419. The number of nitrogens with one attached hydrogen (secondary N) is 2. The summed E-state index contributed by atoms with van der Waals surface area (Å²) < 4.78 is 27.5. The number of para-hydroxylation sites is 1. The van der Waals surface area contributed by atoms with E-state index in [1.165, 1.54) is 24.3 Å². The van der Waals surface area contributed by atoms with Crippen molar-refractivity contribution in [3.05, 3.63) is 57.2 Å². The average Bonchev–Trinajstić information content (AvgIpc) is 2.84. The van der Waals surface area contributed by atoms with Crippen molar-refractivity contribution < 1.29 is 13.2 Å². The van der Waals surface area contributed by atoms with E-state index in [0.717, 1.165) is 11.3 Å². The maximum atomic E-state index is 12.4. The molecule has 9 heteroatoms. The van der Waals surface area contributed by atoms with Gasteiger partial charge in [0.25, 0.3) is 15.9 Å². The van der Waals surface area contributed by atoms with Gasteiger partial charge in [-0.3, -0.25) is 9.52 Å². The third-order valence-corrected chi connectivity index (χ3v) is 5.86. The Morgan fingerprint density at radius 2 is 2.00 bits per heavy atom. The van der Waals surface area contributed by atoms with Gasteiger partial charge in [0.1, 0.15) is 9.23 Å². The molecule has 0 radical (unpaired) electrons. The minimum Gasteiger partial charge on any atom is -0.349 e. The number of sulfonamides is 1. The highest BCUT2D eigenvalue weighted by molar-refractivity contribution is 7.93. The van der Waals surface area contributed by atoms with Gasteiger partial charge in [-0.25, -0.2) is 8.42 Å². The summed E-state index contributed by atoms with van der Waals surface area (Å²) >= 11 is 12.6. The third kappa shape index (κ3) is 4.26. The Labute approximate surface area is 148 Å². The van der Waals surface area contributed by atoms with Crippen LogP contribution < -0.4 is 10.0 Å². The van der Waals surface area contributed by atoms with Crippen molar-refractivity contribution in [3.63, 3.8) is 0 Å². The van der Waals surface area contributed by atoms with Gasteiger partial charge in [0.15, 0.2) is 0 Å². The Morgan fingerprint density at radius 1 is 1.30 bits per heavy atom. The van der Waals surface area contributed by atoms with Crippen LogP contribution in [-0.4, -0.2) is 20.9 Å². The van der Waals surface area contributed by atoms with E-state index in [1.807, 2.05) is 0 Å². The summed E-state index contributed by atoms with van der Waals surface area (Å²) in [7, 11) is -3.96. The first-order valence-electron chi connectivity index (χ1n) is 6.31. The van der Waals surface area contributed by atoms with Crippen molar-refractivity contribution in [2.75, 3.05) is 11.3 Å². The molecule has 0 atom stereocenters. The maximum Gasteiger partial charge on any atom is 0.264 e. The fourth-order valence-electron chi connectivity index (χ4n) is 1.74. The van der Waals surface area contributed by atoms with Gasteiger partial charge in [0, 0.05) is 6.54 Å². The number of hydrogen-bond acceptors (Lipinski definition) is 4. The van der Waals surface area contributed by atoms with E-state index in [4.69, 9.17) is 23.2 Å². The molecule has 1 amide bonds. The molecule has 0 aliphatic rings. The summed E-state index contributed by atoms with van der Waals surface area (Å²) in [6, 6.07) is 7.51. The Kier molecular flexibility index (Phi) is 5.69. The molecule has 23 heavy (non-hydrogen) atoms. The molecule has 5 nitrogen and oxygen atoms in total. The zero-order valence-corrected chi connectivity index (χ0v) is 14.8. The first kappa shape index (κ1) is 17.8. The average molecular weight is 391 g/mol. The summed E-state index contributed by atoms with van der Waals surface area (Å²) in [5, 5.41) is 2.59. The molecule has 2 aromatic rings. The fourth-order valence-corrected chi connectivity index (χ4v) is 4.97. The number of amides is 1. The van der Waals surface area contributed by atoms with Crippen LogP contribution in [0.1, 0.15) is 10.4 Å². The molecule has 1 aromatic carbocycles. The Hall–Kier alpha value is -1.54. The molecule has 2 N–H and O–H groups in total. The van der Waals surface area contributed by atoms with Crippen molar-refractivity contribution in [3.8, 4) is 0 Å². The standard InChI is InChI=1S/C14H12Cl2N2O3S2/c1-2-7-17-14(19)9-5-3-4-6-10(9)18-23(20,21)11-8-12(15)22-13(11)16/h2-6,8,18H,1,7H2,(H,17,19). The zero-order chi connectivity index (χ0) is 17.0. The van der Waals surface area contributed by atoms with Crippen molar-refractivity contribution in [1.29, 1.82) is 0 Å². The normalized spacial score (nSPS) is 11.0. The first-order valence-corrected chi connectivity index (χ1v) is 9.36. The van der Waals surface area contributed by atoms with Crippen LogP contribution in [0, 0.1) is 0 Å². The lowest BCUT2D eigenvalue weighted by atomic mass is 10.1. The number of carbonyl (C=O) groups is 1. The largest absolute Gasteiger partial charge is 0.349 e. The lowest BCUT2D eigenvalue weighted by molar-refractivity contribution is 0.0959. The van der Waals surface area contributed by atoms with Crippen LogP contribution in [0.25, 0.3) is 0 Å². The molecule has 0 aliphatic heterocycles. The molecule has 0 bridgehead atoms. The van der Waals surface area contributed by atoms with Crippen LogP contribution in [0.2, 0.25) is 8.67 Å². The van der Waals surface area contributed by atoms with Gasteiger partial charge in [0.05, 0.1) is 15.6 Å². The number of thiophene rings is 1. The molecule has 2 rings (SSSR count). The van der Waals surface area contributed by atoms with Gasteiger partial charge in [-0.2, -0.15) is 0 Å². The number of halogens is 2. The van der Waals surface area contributed by atoms with Gasteiger partial charge in [-0.1, -0.05) is 41.4 Å². The first-order chi connectivity index (χ1) is 10.8. The number of anilines is 1. The van der Waals surface area contributed by atoms with Crippen molar-refractivity contribution in [2.45, 2.75) is 4.90 Å². The van der Waals surface area contributed by atoms with E-state index in [9.17, 15) is 13.2 Å². The maximum absolute atomic E-state index is 12.4. The van der Waals surface area contributed by atoms with Gasteiger partial charge in [0.2, 0.25) is 0 Å². The van der Waals surface area contributed by atoms with Crippen LogP contribution in [0.4, 0.5) is 5.69 Å². The van der Waals surface area contributed by atoms with E-state index in [0.29, 0.717) is 0 Å². The van der Waals surface area contributed by atoms with Gasteiger partial charge >= 0.3 is 0 Å². The Bertz CT molecular complexity index is 847. The second kappa shape index (κ2) is 7.35. The monoisotopic (exact) mass is 390 g/mol. The molecule has 0 saturated heterocycles. The van der Waals surface area contributed by atoms with Crippen LogP contribution in [0.15, 0.2) is 47.9 Å². The number of hydrogen-bond donors (Lipinski definition) is 2. The molecule has 0 aliphatic carbocycles. The van der Waals surface area contributed by atoms with Gasteiger partial charge < -0.3 is 5.32 Å². The van der Waals surface area contributed by atoms with Crippen LogP contribution in [0.3, 0.4) is 0 Å². The molecule has 1 aromatic heterocycles. The van der Waals surface area contributed by atoms with Crippen LogP contribution in [0.5, 0.6) is 0 Å². The smallest absolute Gasteiger partial charge is 0.264 e. The molecular formula is C14H12Cl2N2O3S2. The quantitative estimate of drug-likeness (QED) is 0.736. The van der Waals surface area contributed by atoms with Crippen molar-refractivity contribution in [2.24, 2.45) is 0 Å². The third-order valence-electron chi connectivity index (χ3n) is 2.74. The van der Waals surface area contributed by atoms with E-state index >= 15 is 0 Å². The van der Waals surface area contributed by atoms with E-state index in [-0.39, 0.29) is 31.4 Å². The highest BCUT2D eigenvalue weighted by Crippen LogP contribution is 2.35. The molecule has 0 fully saturated rings. The topological polar surface area (TPSA) is 75.3 Å². The molecular weight excluding hydrogens is 379 g/mol. The SMILES string of the molecule is C=CCNC(=O)c1ccccc1NS(=O)(=O)c1cc(Cl)sc1Cl. The number of carbonyl (C=O) groups excluding carboxylic acids is 1. The molecule has 0 saturated carbocycles. The minimum atomic E-state index is -3.96. The fraction of sp³-hybridized carbons (Fsp3) is 0.0714. The van der Waals surface area contributed by atoms with E-state index < -0.39 is 15.9 Å². The molecule has 1 heterocycles. The minimum absolute atomic E-state index is 0.0519. The zero-order valence-electron chi connectivity index (χ0n) is 11.7. The highest BCUT2D eigenvalue weighted by atomic mass is 35.5. The van der Waals surface area contributed by atoms with Crippen LogP contribution >= 0.6 is 34.5 Å². The van der Waals surface area contributed by atoms with Crippen molar-refractivity contribution in [1.82, 2.24) is 5.32 Å². The lowest BCUT2D eigenvalue weighted by Crippen LogP contribution is -2.25. The van der Waals surface area contributed by atoms with Gasteiger partial charge in [-0.05, 0) is 18.2 Å².